The van der Waals surface area contributed by atoms with E-state index < -0.39 is 5.97 Å². The summed E-state index contributed by atoms with van der Waals surface area (Å²) in [4.78, 5) is 25.7. The monoisotopic (exact) mass is 525 g/mol. The number of amides is 1. The predicted molar refractivity (Wildman–Crippen MR) is 155 cm³/mol. The van der Waals surface area contributed by atoms with Crippen LogP contribution in [0.5, 0.6) is 5.75 Å². The Kier molecular flexibility index (Phi) is 12.1. The summed E-state index contributed by atoms with van der Waals surface area (Å²) in [5.74, 6) is 6.09. The van der Waals surface area contributed by atoms with Crippen molar-refractivity contribution < 1.29 is 19.4 Å². The van der Waals surface area contributed by atoms with Gasteiger partial charge in [-0.1, -0.05) is 81.3 Å². The molecule has 0 heterocycles. The van der Waals surface area contributed by atoms with Crippen molar-refractivity contribution in [3.05, 3.63) is 101 Å². The molecule has 5 heteroatoms. The molecule has 0 aliphatic rings. The second-order valence-corrected chi connectivity index (χ2v) is 9.78. The average Bonchev–Trinajstić information content (AvgIpc) is 2.95. The molecule has 0 radical (unpaired) electrons. The Bertz CT molecular complexity index is 1240. The summed E-state index contributed by atoms with van der Waals surface area (Å²) in [6.07, 6.45) is 7.00. The molecule has 0 saturated heterocycles. The maximum absolute atomic E-state index is 13.1. The molecule has 0 fully saturated rings. The first-order valence-electron chi connectivity index (χ1n) is 13.9. The van der Waals surface area contributed by atoms with E-state index in [0.717, 1.165) is 47.9 Å². The van der Waals surface area contributed by atoms with Crippen LogP contribution in [0.1, 0.15) is 80.2 Å². The molecular weight excluding hydrogens is 486 g/mol. The second kappa shape index (κ2) is 16.0. The van der Waals surface area contributed by atoms with Gasteiger partial charge in [0, 0.05) is 30.6 Å². The van der Waals surface area contributed by atoms with E-state index in [1.165, 1.54) is 18.4 Å². The Morgan fingerprint density at radius 1 is 0.718 bits per heavy atom. The molecule has 0 unspecified atom stereocenters. The summed E-state index contributed by atoms with van der Waals surface area (Å²) >= 11 is 0. The van der Waals surface area contributed by atoms with Crippen LogP contribution in [0.25, 0.3) is 0 Å². The van der Waals surface area contributed by atoms with E-state index in [9.17, 15) is 9.59 Å². The normalized spacial score (nSPS) is 10.4. The molecule has 39 heavy (non-hydrogen) atoms. The molecule has 3 aromatic rings. The lowest BCUT2D eigenvalue weighted by molar-refractivity contribution is -0.139. The molecule has 3 aromatic carbocycles. The predicted octanol–water partition coefficient (Wildman–Crippen LogP) is 7.00. The minimum Gasteiger partial charge on any atom is -0.482 e. The smallest absolute Gasteiger partial charge is 0.341 e. The van der Waals surface area contributed by atoms with Crippen LogP contribution in [0.15, 0.2) is 72.8 Å². The molecule has 0 aliphatic heterocycles. The van der Waals surface area contributed by atoms with Gasteiger partial charge in [0.25, 0.3) is 0 Å². The van der Waals surface area contributed by atoms with Crippen molar-refractivity contribution in [2.75, 3.05) is 6.61 Å². The molecule has 0 saturated carbocycles. The van der Waals surface area contributed by atoms with Crippen LogP contribution in [0.2, 0.25) is 0 Å². The fraction of sp³-hybridized carbons (Fsp3) is 0.353. The molecule has 204 valence electrons. The van der Waals surface area contributed by atoms with Gasteiger partial charge in [-0.05, 0) is 72.4 Å². The summed E-state index contributed by atoms with van der Waals surface area (Å²) in [5, 5.41) is 8.79. The minimum absolute atomic E-state index is 0.126. The van der Waals surface area contributed by atoms with Crippen LogP contribution in [-0.4, -0.2) is 28.5 Å². The standard InChI is InChI=1S/C34H39NO4/c1-3-5-7-9-33(36)35(25-31-20-22-32(23-21-31)39-26-34(37)38)24-30-18-16-29(17-19-30)15-14-28-12-10-27(11-13-28)8-6-4-2/h10-13,16-23H,3-9,24-26H2,1-2H3,(H,37,38). The molecule has 5 nitrogen and oxygen atoms in total. The molecule has 0 aromatic heterocycles. The molecule has 1 amide bonds. The Hall–Kier alpha value is -4.04. The number of unbranched alkanes of at least 4 members (excludes halogenated alkanes) is 3. The van der Waals surface area contributed by atoms with Crippen molar-refractivity contribution in [1.29, 1.82) is 0 Å². The van der Waals surface area contributed by atoms with Crippen molar-refractivity contribution in [2.45, 2.75) is 71.9 Å². The highest BCUT2D eigenvalue weighted by molar-refractivity contribution is 5.76. The number of carboxylic acid groups (broad SMARTS) is 1. The Morgan fingerprint density at radius 3 is 1.74 bits per heavy atom. The van der Waals surface area contributed by atoms with Crippen molar-refractivity contribution in [3.63, 3.8) is 0 Å². The zero-order chi connectivity index (χ0) is 27.9. The van der Waals surface area contributed by atoms with Crippen LogP contribution in [0.4, 0.5) is 0 Å². The number of carboxylic acids is 1. The number of nitrogens with zero attached hydrogens (tertiary/aromatic N) is 1. The highest BCUT2D eigenvalue weighted by Crippen LogP contribution is 2.17. The number of benzene rings is 3. The van der Waals surface area contributed by atoms with Gasteiger partial charge in [0.2, 0.25) is 5.91 Å². The van der Waals surface area contributed by atoms with Gasteiger partial charge in [-0.15, -0.1) is 0 Å². The van der Waals surface area contributed by atoms with Crippen LogP contribution in [0.3, 0.4) is 0 Å². The number of carbonyl (C=O) groups excluding carboxylic acids is 1. The lowest BCUT2D eigenvalue weighted by Crippen LogP contribution is -2.29. The van der Waals surface area contributed by atoms with E-state index >= 15 is 0 Å². The molecule has 0 aliphatic carbocycles. The first kappa shape index (κ1) is 29.5. The van der Waals surface area contributed by atoms with Crippen LogP contribution in [-0.2, 0) is 29.1 Å². The van der Waals surface area contributed by atoms with Crippen LogP contribution in [0, 0.1) is 11.8 Å². The second-order valence-electron chi connectivity index (χ2n) is 9.78. The van der Waals surface area contributed by atoms with E-state index in [1.54, 1.807) is 12.1 Å². The number of hydrogen-bond acceptors (Lipinski definition) is 3. The van der Waals surface area contributed by atoms with Crippen molar-refractivity contribution >= 4 is 11.9 Å². The first-order chi connectivity index (χ1) is 19.0. The number of carbonyl (C=O) groups is 2. The molecule has 3 rings (SSSR count). The maximum Gasteiger partial charge on any atom is 0.341 e. The quantitative estimate of drug-likeness (QED) is 0.182. The topological polar surface area (TPSA) is 66.8 Å². The van der Waals surface area contributed by atoms with Crippen LogP contribution >= 0.6 is 0 Å². The van der Waals surface area contributed by atoms with E-state index in [4.69, 9.17) is 9.84 Å². The molecular formula is C34H39NO4. The summed E-state index contributed by atoms with van der Waals surface area (Å²) < 4.78 is 5.22. The maximum atomic E-state index is 13.1. The zero-order valence-electron chi connectivity index (χ0n) is 23.1. The Balaban J connectivity index is 1.65. The highest BCUT2D eigenvalue weighted by atomic mass is 16.5. The number of rotatable bonds is 14. The van der Waals surface area contributed by atoms with Crippen molar-refractivity contribution in [2.24, 2.45) is 0 Å². The molecule has 0 atom stereocenters. The van der Waals surface area contributed by atoms with E-state index in [-0.39, 0.29) is 12.5 Å². The molecule has 1 N–H and O–H groups in total. The van der Waals surface area contributed by atoms with Gasteiger partial charge in [0.15, 0.2) is 6.61 Å². The summed E-state index contributed by atoms with van der Waals surface area (Å²) in [7, 11) is 0. The van der Waals surface area contributed by atoms with Gasteiger partial charge >= 0.3 is 5.97 Å². The fourth-order valence-corrected chi connectivity index (χ4v) is 4.17. The van der Waals surface area contributed by atoms with E-state index in [0.29, 0.717) is 25.3 Å². The average molecular weight is 526 g/mol. The Morgan fingerprint density at radius 2 is 1.23 bits per heavy atom. The summed E-state index contributed by atoms with van der Waals surface area (Å²) in [6, 6.07) is 23.8. The summed E-state index contributed by atoms with van der Waals surface area (Å²) in [6.45, 7) is 4.93. The third kappa shape index (κ3) is 10.7. The van der Waals surface area contributed by atoms with Gasteiger partial charge < -0.3 is 14.7 Å². The van der Waals surface area contributed by atoms with Gasteiger partial charge in [-0.3, -0.25) is 4.79 Å². The largest absolute Gasteiger partial charge is 0.482 e. The Labute approximate surface area is 232 Å². The summed E-state index contributed by atoms with van der Waals surface area (Å²) in [5.41, 5.74) is 5.30. The molecule has 0 bridgehead atoms. The minimum atomic E-state index is -1.02. The zero-order valence-corrected chi connectivity index (χ0v) is 23.1. The number of hydrogen-bond donors (Lipinski definition) is 1. The fourth-order valence-electron chi connectivity index (χ4n) is 4.17. The third-order valence-corrected chi connectivity index (χ3v) is 6.46. The molecule has 0 spiro atoms. The van der Waals surface area contributed by atoms with Crippen molar-refractivity contribution in [3.8, 4) is 17.6 Å². The lowest BCUT2D eigenvalue weighted by Gasteiger charge is -2.23. The number of ether oxygens (including phenoxy) is 1. The first-order valence-corrected chi connectivity index (χ1v) is 13.9. The van der Waals surface area contributed by atoms with Crippen LogP contribution < -0.4 is 4.74 Å². The van der Waals surface area contributed by atoms with Crippen molar-refractivity contribution in [1.82, 2.24) is 4.90 Å². The van der Waals surface area contributed by atoms with E-state index in [2.05, 4.69) is 50.0 Å². The van der Waals surface area contributed by atoms with E-state index in [1.807, 2.05) is 41.3 Å². The highest BCUT2D eigenvalue weighted by Gasteiger charge is 2.15. The van der Waals surface area contributed by atoms with Gasteiger partial charge in [0.05, 0.1) is 0 Å². The third-order valence-electron chi connectivity index (χ3n) is 6.46. The lowest BCUT2D eigenvalue weighted by atomic mass is 10.1. The van der Waals surface area contributed by atoms with Gasteiger partial charge in [-0.25, -0.2) is 4.79 Å². The van der Waals surface area contributed by atoms with Gasteiger partial charge in [0.1, 0.15) is 5.75 Å². The SMILES string of the molecule is CCCCCC(=O)N(Cc1ccc(C#Cc2ccc(CCCC)cc2)cc1)Cc1ccc(OCC(=O)O)cc1. The number of aryl methyl sites for hydroxylation is 1. The number of aliphatic carboxylic acids is 1. The van der Waals surface area contributed by atoms with Gasteiger partial charge in [-0.2, -0.15) is 0 Å².